The van der Waals surface area contributed by atoms with Crippen molar-refractivity contribution in [1.29, 1.82) is 0 Å². The van der Waals surface area contributed by atoms with Crippen LogP contribution in [-0.2, 0) is 9.47 Å². The van der Waals surface area contributed by atoms with Crippen LogP contribution < -0.4 is 5.32 Å². The van der Waals surface area contributed by atoms with Crippen molar-refractivity contribution >= 4 is 0 Å². The molecule has 0 aliphatic carbocycles. The Balaban J connectivity index is 3.54. The molecule has 0 saturated heterocycles. The first-order valence-electron chi connectivity index (χ1n) is 6.84. The van der Waals surface area contributed by atoms with Crippen molar-refractivity contribution in [1.82, 2.24) is 10.2 Å². The number of methoxy groups -OCH3 is 1. The van der Waals surface area contributed by atoms with Gasteiger partial charge in [-0.05, 0) is 20.0 Å². The monoisotopic (exact) mass is 262 g/mol. The van der Waals surface area contributed by atoms with E-state index < -0.39 is 6.10 Å². The first kappa shape index (κ1) is 17.8. The molecular weight excluding hydrogens is 232 g/mol. The fourth-order valence-corrected chi connectivity index (χ4v) is 1.69. The number of hydrogen-bond donors (Lipinski definition) is 2. The summed E-state index contributed by atoms with van der Waals surface area (Å²) in [5, 5.41) is 13.0. The van der Waals surface area contributed by atoms with Crippen molar-refractivity contribution in [2.24, 2.45) is 0 Å². The van der Waals surface area contributed by atoms with Crippen molar-refractivity contribution in [3.63, 3.8) is 0 Å². The summed E-state index contributed by atoms with van der Waals surface area (Å²) in [7, 11) is 1.64. The quantitative estimate of drug-likeness (QED) is 0.497. The van der Waals surface area contributed by atoms with Crippen LogP contribution in [0, 0.1) is 0 Å². The summed E-state index contributed by atoms with van der Waals surface area (Å²) in [6.45, 7) is 11.6. The van der Waals surface area contributed by atoms with Gasteiger partial charge in [0.2, 0.25) is 0 Å². The van der Waals surface area contributed by atoms with Gasteiger partial charge in [0, 0.05) is 26.2 Å². The largest absolute Gasteiger partial charge is 0.389 e. The van der Waals surface area contributed by atoms with Crippen LogP contribution >= 0.6 is 0 Å². The van der Waals surface area contributed by atoms with Crippen molar-refractivity contribution in [2.45, 2.75) is 32.9 Å². The number of nitrogens with zero attached hydrogens (tertiary/aromatic N) is 1. The lowest BCUT2D eigenvalue weighted by Crippen LogP contribution is -2.42. The third kappa shape index (κ3) is 9.79. The van der Waals surface area contributed by atoms with E-state index in [-0.39, 0.29) is 0 Å². The SMILES string of the molecule is CCN(CC)CC(C)NCC(O)COCCOC. The van der Waals surface area contributed by atoms with Crippen molar-refractivity contribution in [2.75, 3.05) is 53.1 Å². The van der Waals surface area contributed by atoms with Crippen molar-refractivity contribution in [3.05, 3.63) is 0 Å². The van der Waals surface area contributed by atoms with Gasteiger partial charge in [-0.3, -0.25) is 0 Å². The topological polar surface area (TPSA) is 54.0 Å². The molecule has 0 aromatic heterocycles. The maximum absolute atomic E-state index is 9.70. The van der Waals surface area contributed by atoms with Crippen LogP contribution in [0.5, 0.6) is 0 Å². The molecule has 0 rings (SSSR count). The van der Waals surface area contributed by atoms with Crippen LogP contribution in [0.3, 0.4) is 0 Å². The lowest BCUT2D eigenvalue weighted by Gasteiger charge is -2.24. The van der Waals surface area contributed by atoms with Gasteiger partial charge in [0.05, 0.1) is 25.9 Å². The number of aliphatic hydroxyl groups excluding tert-OH is 1. The summed E-state index contributed by atoms with van der Waals surface area (Å²) in [5.41, 5.74) is 0. The van der Waals surface area contributed by atoms with Gasteiger partial charge in [-0.1, -0.05) is 13.8 Å². The Labute approximate surface area is 111 Å². The summed E-state index contributed by atoms with van der Waals surface area (Å²) in [6, 6.07) is 0.374. The first-order chi connectivity index (χ1) is 8.63. The van der Waals surface area contributed by atoms with Gasteiger partial charge in [0.15, 0.2) is 0 Å². The normalized spacial score (nSPS) is 15.0. The number of aliphatic hydroxyl groups is 1. The molecular formula is C13H30N2O3. The molecule has 18 heavy (non-hydrogen) atoms. The van der Waals surface area contributed by atoms with Crippen LogP contribution in [0.1, 0.15) is 20.8 Å². The lowest BCUT2D eigenvalue weighted by molar-refractivity contribution is 0.0127. The van der Waals surface area contributed by atoms with Crippen LogP contribution in [0.2, 0.25) is 0 Å². The Morgan fingerprint density at radius 3 is 2.44 bits per heavy atom. The fourth-order valence-electron chi connectivity index (χ4n) is 1.69. The van der Waals surface area contributed by atoms with E-state index in [0.29, 0.717) is 32.4 Å². The second-order valence-corrected chi connectivity index (χ2v) is 4.52. The zero-order valence-electron chi connectivity index (χ0n) is 12.3. The molecule has 0 amide bonds. The Hall–Kier alpha value is -0.200. The molecule has 2 N–H and O–H groups in total. The summed E-state index contributed by atoms with van der Waals surface area (Å²) in [4.78, 5) is 2.36. The van der Waals surface area contributed by atoms with E-state index in [1.807, 2.05) is 0 Å². The maximum Gasteiger partial charge on any atom is 0.0897 e. The predicted octanol–water partition coefficient (Wildman–Crippen LogP) is 0.330. The third-order valence-corrected chi connectivity index (χ3v) is 2.87. The van der Waals surface area contributed by atoms with E-state index in [1.165, 1.54) is 0 Å². The minimum absolute atomic E-state index is 0.356. The molecule has 0 aliphatic heterocycles. The average Bonchev–Trinajstić information content (AvgIpc) is 2.38. The molecule has 2 unspecified atom stereocenters. The van der Waals surface area contributed by atoms with Gasteiger partial charge >= 0.3 is 0 Å². The molecule has 0 spiro atoms. The van der Waals surface area contributed by atoms with Crippen LogP contribution in [0.4, 0.5) is 0 Å². The second-order valence-electron chi connectivity index (χ2n) is 4.52. The number of rotatable bonds is 12. The van der Waals surface area contributed by atoms with E-state index in [4.69, 9.17) is 9.47 Å². The molecule has 0 radical (unpaired) electrons. The number of nitrogens with one attached hydrogen (secondary N) is 1. The molecule has 0 aromatic carbocycles. The van der Waals surface area contributed by atoms with Crippen molar-refractivity contribution in [3.8, 4) is 0 Å². The number of likely N-dealkylation sites (N-methyl/N-ethyl adjacent to an activating group) is 1. The molecule has 110 valence electrons. The standard InChI is InChI=1S/C13H30N2O3/c1-5-15(6-2)10-12(3)14-9-13(16)11-18-8-7-17-4/h12-14,16H,5-11H2,1-4H3. The van der Waals surface area contributed by atoms with Gasteiger partial charge < -0.3 is 24.8 Å². The van der Waals surface area contributed by atoms with Gasteiger partial charge in [-0.25, -0.2) is 0 Å². The third-order valence-electron chi connectivity index (χ3n) is 2.87. The highest BCUT2D eigenvalue weighted by Crippen LogP contribution is 1.92. The minimum atomic E-state index is -0.457. The molecule has 5 heteroatoms. The van der Waals surface area contributed by atoms with Gasteiger partial charge in [0.1, 0.15) is 0 Å². The van der Waals surface area contributed by atoms with E-state index in [1.54, 1.807) is 7.11 Å². The minimum Gasteiger partial charge on any atom is -0.389 e. The van der Waals surface area contributed by atoms with Gasteiger partial charge in [-0.15, -0.1) is 0 Å². The summed E-state index contributed by atoms with van der Waals surface area (Å²) in [6.07, 6.45) is -0.457. The molecule has 0 fully saturated rings. The molecule has 0 aliphatic rings. The Morgan fingerprint density at radius 1 is 1.22 bits per heavy atom. The molecule has 0 aromatic rings. The van der Waals surface area contributed by atoms with Crippen LogP contribution in [0.15, 0.2) is 0 Å². The molecule has 0 bridgehead atoms. The Bertz CT molecular complexity index is 178. The fraction of sp³-hybridized carbons (Fsp3) is 1.00. The maximum atomic E-state index is 9.70. The zero-order chi connectivity index (χ0) is 13.8. The van der Waals surface area contributed by atoms with Crippen LogP contribution in [0.25, 0.3) is 0 Å². The van der Waals surface area contributed by atoms with E-state index in [2.05, 4.69) is 31.0 Å². The first-order valence-corrected chi connectivity index (χ1v) is 6.84. The van der Waals surface area contributed by atoms with Gasteiger partial charge in [0.25, 0.3) is 0 Å². The van der Waals surface area contributed by atoms with Crippen molar-refractivity contribution < 1.29 is 14.6 Å². The summed E-state index contributed by atoms with van der Waals surface area (Å²) in [5.74, 6) is 0. The van der Waals surface area contributed by atoms with E-state index in [9.17, 15) is 5.11 Å². The molecule has 5 nitrogen and oxygen atoms in total. The highest BCUT2D eigenvalue weighted by atomic mass is 16.5. The average molecular weight is 262 g/mol. The summed E-state index contributed by atoms with van der Waals surface area (Å²) < 4.78 is 10.1. The summed E-state index contributed by atoms with van der Waals surface area (Å²) >= 11 is 0. The van der Waals surface area contributed by atoms with Crippen LogP contribution in [-0.4, -0.2) is 75.3 Å². The highest BCUT2D eigenvalue weighted by Gasteiger charge is 2.09. The molecule has 0 saturated carbocycles. The Kier molecular flexibility index (Phi) is 11.7. The van der Waals surface area contributed by atoms with Gasteiger partial charge in [-0.2, -0.15) is 0 Å². The molecule has 2 atom stereocenters. The Morgan fingerprint density at radius 2 is 1.89 bits per heavy atom. The van der Waals surface area contributed by atoms with E-state index >= 15 is 0 Å². The lowest BCUT2D eigenvalue weighted by atomic mass is 10.2. The number of ether oxygens (including phenoxy) is 2. The second kappa shape index (κ2) is 11.9. The zero-order valence-corrected chi connectivity index (χ0v) is 12.3. The predicted molar refractivity (Wildman–Crippen MR) is 74.0 cm³/mol. The smallest absolute Gasteiger partial charge is 0.0897 e. The molecule has 0 heterocycles. The van der Waals surface area contributed by atoms with E-state index in [0.717, 1.165) is 19.6 Å². The highest BCUT2D eigenvalue weighted by molar-refractivity contribution is 4.68. The number of hydrogen-bond acceptors (Lipinski definition) is 5.